The molecule has 4 aliphatic rings. The van der Waals surface area contributed by atoms with E-state index in [-0.39, 0.29) is 0 Å². The van der Waals surface area contributed by atoms with Crippen molar-refractivity contribution in [3.8, 4) is 118 Å². The summed E-state index contributed by atoms with van der Waals surface area (Å²) in [4.78, 5) is 0. The fourth-order valence-electron chi connectivity index (χ4n) is 17.9. The Bertz CT molecular complexity index is 6130. The largest absolute Gasteiger partial charge is 0.416 e. The number of hydrogen-bond acceptors (Lipinski definition) is 3. The normalized spacial score (nSPS) is 14.8. The Hall–Kier alpha value is -12.8. The van der Waals surface area contributed by atoms with E-state index in [1.807, 2.05) is 30.3 Å². The van der Waals surface area contributed by atoms with E-state index in [4.69, 9.17) is 4.42 Å². The van der Waals surface area contributed by atoms with Gasteiger partial charge in [-0.05, 0) is 231 Å². The molecule has 1 atom stereocenters. The third kappa shape index (κ3) is 8.16. The molecule has 20 rings (SSSR count). The zero-order valence-electron chi connectivity index (χ0n) is 55.2. The summed E-state index contributed by atoms with van der Waals surface area (Å²) in [6, 6.07) is 119. The highest BCUT2D eigenvalue weighted by molar-refractivity contribution is 6.12. The van der Waals surface area contributed by atoms with Crippen LogP contribution in [0.3, 0.4) is 0 Å². The molecule has 0 aliphatic heterocycles. The van der Waals surface area contributed by atoms with E-state index < -0.39 is 10.8 Å². The molecule has 0 radical (unpaired) electrons. The standard InChI is InChI=1S/C96H63N3O/c1-4-22-87-92(59(2)3)79-33-16-21-38-86(79)96(87)85-37-20-15-32-76(85)78-52-46-67(58-89(78)96)65-48-54-91-81(56-65)80-55-64(66-45-51-77-75-31-14-19-36-84(75)95(88(77)57-66)82-34-17-12-29-73(82)74-30-13-18-35-83(74)95)47-53-90(80)99(91)68-49-43-61(44-50-68)70-26-9-11-28-72(70)71-27-10-8-25-69(71)60-39-41-63(42-40-60)94-98-97-93(100-94)62-23-6-5-7-24-62/h4-58H,2H2,1,3H3. The molecule has 4 nitrogen and oxygen atoms in total. The number of hydrogen-bond donors (Lipinski definition) is 0. The first-order valence-electron chi connectivity index (χ1n) is 34.6. The fraction of sp³-hybridized carbons (Fsp3) is 0.0417. The molecule has 14 aromatic carbocycles. The van der Waals surface area contributed by atoms with E-state index in [9.17, 15) is 0 Å². The topological polar surface area (TPSA) is 43.9 Å². The molecule has 468 valence electrons. The van der Waals surface area contributed by atoms with Crippen LogP contribution >= 0.6 is 0 Å². The molecule has 2 heterocycles. The number of benzene rings is 14. The van der Waals surface area contributed by atoms with Crippen molar-refractivity contribution in [2.75, 3.05) is 0 Å². The molecule has 0 amide bonds. The van der Waals surface area contributed by atoms with Gasteiger partial charge in [0.25, 0.3) is 0 Å². The molecule has 0 bridgehead atoms. The lowest BCUT2D eigenvalue weighted by molar-refractivity contribution is 0.584. The van der Waals surface area contributed by atoms with E-state index >= 15 is 0 Å². The average Bonchev–Trinajstić information content (AvgIpc) is 1.52. The Balaban J connectivity index is 0.730. The molecule has 0 fully saturated rings. The maximum atomic E-state index is 6.16. The highest BCUT2D eigenvalue weighted by Gasteiger charge is 2.53. The van der Waals surface area contributed by atoms with Gasteiger partial charge in [-0.3, -0.25) is 0 Å². The van der Waals surface area contributed by atoms with Gasteiger partial charge in [-0.15, -0.1) is 10.2 Å². The van der Waals surface area contributed by atoms with Crippen molar-refractivity contribution < 1.29 is 4.42 Å². The second kappa shape index (κ2) is 22.1. The molecule has 2 aromatic heterocycles. The maximum absolute atomic E-state index is 6.16. The zero-order chi connectivity index (χ0) is 66.4. The Morgan fingerprint density at radius 2 is 0.660 bits per heavy atom. The predicted octanol–water partition coefficient (Wildman–Crippen LogP) is 24.4. The van der Waals surface area contributed by atoms with Gasteiger partial charge in [0, 0.05) is 27.6 Å². The van der Waals surface area contributed by atoms with Crippen molar-refractivity contribution in [2.24, 2.45) is 0 Å². The van der Waals surface area contributed by atoms with Gasteiger partial charge in [-0.1, -0.05) is 273 Å². The van der Waals surface area contributed by atoms with E-state index in [1.54, 1.807) is 0 Å². The molecule has 16 aromatic rings. The summed E-state index contributed by atoms with van der Waals surface area (Å²) in [6.07, 6.45) is 4.55. The average molecular weight is 1270 g/mol. The van der Waals surface area contributed by atoms with Gasteiger partial charge in [0.05, 0.1) is 21.9 Å². The van der Waals surface area contributed by atoms with Crippen molar-refractivity contribution in [3.05, 3.63) is 396 Å². The minimum absolute atomic E-state index is 0.454. The summed E-state index contributed by atoms with van der Waals surface area (Å²) in [5, 5.41) is 11.2. The lowest BCUT2D eigenvalue weighted by Crippen LogP contribution is -2.26. The molecule has 2 spiro atoms. The second-order valence-corrected chi connectivity index (χ2v) is 27.1. The molecule has 0 saturated heterocycles. The van der Waals surface area contributed by atoms with Crippen molar-refractivity contribution in [3.63, 3.8) is 0 Å². The summed E-state index contributed by atoms with van der Waals surface area (Å²) in [7, 11) is 0. The highest BCUT2D eigenvalue weighted by atomic mass is 16.4. The summed E-state index contributed by atoms with van der Waals surface area (Å²) >= 11 is 0. The van der Waals surface area contributed by atoms with E-state index in [0.717, 1.165) is 72.4 Å². The summed E-state index contributed by atoms with van der Waals surface area (Å²) in [6.45, 7) is 8.92. The number of rotatable bonds is 10. The summed E-state index contributed by atoms with van der Waals surface area (Å²) in [5.41, 5.74) is 37.5. The van der Waals surface area contributed by atoms with Crippen molar-refractivity contribution in [1.29, 1.82) is 0 Å². The van der Waals surface area contributed by atoms with Gasteiger partial charge in [0.15, 0.2) is 0 Å². The molecule has 4 aliphatic carbocycles. The first-order chi connectivity index (χ1) is 49.4. The van der Waals surface area contributed by atoms with Crippen LogP contribution in [0.15, 0.2) is 356 Å². The first kappa shape index (κ1) is 57.5. The minimum atomic E-state index is -0.526. The van der Waals surface area contributed by atoms with E-state index in [2.05, 4.69) is 339 Å². The van der Waals surface area contributed by atoms with Crippen molar-refractivity contribution in [2.45, 2.75) is 24.7 Å². The smallest absolute Gasteiger partial charge is 0.248 e. The lowest BCUT2D eigenvalue weighted by atomic mass is 9.69. The molecule has 0 N–H and O–H groups in total. The zero-order valence-corrected chi connectivity index (χ0v) is 55.2. The fourth-order valence-corrected chi connectivity index (χ4v) is 17.9. The van der Waals surface area contributed by atoms with Crippen LogP contribution in [0.2, 0.25) is 0 Å². The van der Waals surface area contributed by atoms with E-state index in [1.165, 1.54) is 116 Å². The van der Waals surface area contributed by atoms with E-state index in [0.29, 0.717) is 11.8 Å². The van der Waals surface area contributed by atoms with Crippen molar-refractivity contribution in [1.82, 2.24) is 14.8 Å². The van der Waals surface area contributed by atoms with Crippen LogP contribution in [0.4, 0.5) is 0 Å². The third-order valence-corrected chi connectivity index (χ3v) is 22.0. The van der Waals surface area contributed by atoms with Crippen LogP contribution in [0.25, 0.3) is 145 Å². The van der Waals surface area contributed by atoms with Crippen LogP contribution in [0.1, 0.15) is 58.4 Å². The number of aromatic nitrogens is 3. The van der Waals surface area contributed by atoms with Gasteiger partial charge in [0.1, 0.15) is 0 Å². The molecular formula is C96H63N3O. The second-order valence-electron chi connectivity index (χ2n) is 27.1. The van der Waals surface area contributed by atoms with Crippen LogP contribution < -0.4 is 0 Å². The van der Waals surface area contributed by atoms with Crippen LogP contribution in [-0.4, -0.2) is 14.8 Å². The van der Waals surface area contributed by atoms with Crippen LogP contribution in [0, 0.1) is 0 Å². The van der Waals surface area contributed by atoms with Gasteiger partial charge < -0.3 is 8.98 Å². The predicted molar refractivity (Wildman–Crippen MR) is 411 cm³/mol. The SMILES string of the molecule is C=C(C)C1=C(C=CC)C2(c3ccccc31)c1ccccc1-c1ccc(-c3ccc4c(c3)c3cc(-c5ccc6c(c5)C5(c7ccccc7-c7ccccc75)c5ccccc5-6)ccc3n4-c3ccc(-c4ccccc4-c4ccccc4-c4ccc(-c5nnc(-c6ccccc6)o5)cc4)cc3)cc12. The minimum Gasteiger partial charge on any atom is -0.416 e. The number of fused-ring (bicyclic) bond motifs is 20. The monoisotopic (exact) mass is 1270 g/mol. The Labute approximate surface area is 581 Å². The Morgan fingerprint density at radius 3 is 1.13 bits per heavy atom. The Morgan fingerprint density at radius 1 is 0.320 bits per heavy atom. The summed E-state index contributed by atoms with van der Waals surface area (Å²) in [5.74, 6) is 0.987. The maximum Gasteiger partial charge on any atom is 0.248 e. The summed E-state index contributed by atoms with van der Waals surface area (Å²) < 4.78 is 8.63. The Kier molecular flexibility index (Phi) is 12.7. The van der Waals surface area contributed by atoms with Gasteiger partial charge in [-0.2, -0.15) is 0 Å². The molecule has 1 unspecified atom stereocenters. The number of allylic oxidation sites excluding steroid dienone is 5. The van der Waals surface area contributed by atoms with Gasteiger partial charge >= 0.3 is 0 Å². The quantitative estimate of drug-likeness (QED) is 0.137. The molecule has 100 heavy (non-hydrogen) atoms. The molecule has 0 saturated carbocycles. The molecular weight excluding hydrogens is 1210 g/mol. The van der Waals surface area contributed by atoms with Crippen LogP contribution in [0.5, 0.6) is 0 Å². The van der Waals surface area contributed by atoms with Gasteiger partial charge in [-0.25, -0.2) is 0 Å². The lowest BCUT2D eigenvalue weighted by Gasteiger charge is -2.32. The first-order valence-corrected chi connectivity index (χ1v) is 34.6. The third-order valence-electron chi connectivity index (χ3n) is 22.0. The van der Waals surface area contributed by atoms with Crippen molar-refractivity contribution >= 4 is 27.4 Å². The van der Waals surface area contributed by atoms with Crippen LogP contribution in [-0.2, 0) is 10.8 Å². The number of nitrogens with zero attached hydrogens (tertiary/aromatic N) is 3. The highest BCUT2D eigenvalue weighted by Crippen LogP contribution is 2.65. The molecule has 4 heteroatoms. The van der Waals surface area contributed by atoms with Gasteiger partial charge in [0.2, 0.25) is 11.8 Å².